The summed E-state index contributed by atoms with van der Waals surface area (Å²) in [6.45, 7) is 2.69. The van der Waals surface area contributed by atoms with Gasteiger partial charge in [0.1, 0.15) is 17.1 Å². The van der Waals surface area contributed by atoms with E-state index < -0.39 is 0 Å². The van der Waals surface area contributed by atoms with Crippen LogP contribution in [0.2, 0.25) is 5.02 Å². The first-order valence-corrected chi connectivity index (χ1v) is 6.64. The van der Waals surface area contributed by atoms with Gasteiger partial charge in [0.15, 0.2) is 5.76 Å². The van der Waals surface area contributed by atoms with Gasteiger partial charge in [0.2, 0.25) is 0 Å². The third-order valence-electron chi connectivity index (χ3n) is 3.46. The molecule has 0 spiro atoms. The minimum atomic E-state index is 0.722. The maximum absolute atomic E-state index is 6.00. The molecular formula is C14H12ClN3O. The molecule has 0 saturated carbocycles. The molecule has 0 bridgehead atoms. The Morgan fingerprint density at radius 3 is 3.21 bits per heavy atom. The van der Waals surface area contributed by atoms with Crippen molar-refractivity contribution in [1.82, 2.24) is 14.9 Å². The highest BCUT2D eigenvalue weighted by Crippen LogP contribution is 2.30. The van der Waals surface area contributed by atoms with Crippen molar-refractivity contribution in [3.05, 3.63) is 41.3 Å². The molecular weight excluding hydrogens is 262 g/mol. The van der Waals surface area contributed by atoms with Crippen LogP contribution in [0.5, 0.6) is 0 Å². The predicted molar refractivity (Wildman–Crippen MR) is 74.2 cm³/mol. The molecule has 1 aliphatic rings. The molecule has 4 nitrogen and oxygen atoms in total. The first kappa shape index (κ1) is 11.1. The molecule has 0 aliphatic carbocycles. The molecule has 19 heavy (non-hydrogen) atoms. The van der Waals surface area contributed by atoms with E-state index in [0.29, 0.717) is 0 Å². The molecule has 1 N–H and O–H groups in total. The van der Waals surface area contributed by atoms with Crippen LogP contribution in [0, 0.1) is 0 Å². The summed E-state index contributed by atoms with van der Waals surface area (Å²) >= 11 is 6.00. The van der Waals surface area contributed by atoms with E-state index in [1.54, 1.807) is 0 Å². The lowest BCUT2D eigenvalue weighted by atomic mass is 10.2. The predicted octanol–water partition coefficient (Wildman–Crippen LogP) is 3.05. The van der Waals surface area contributed by atoms with Gasteiger partial charge in [0.25, 0.3) is 0 Å². The molecule has 2 aromatic heterocycles. The second-order valence-electron chi connectivity index (χ2n) is 4.68. The summed E-state index contributed by atoms with van der Waals surface area (Å²) in [4.78, 5) is 4.44. The Morgan fingerprint density at radius 1 is 1.32 bits per heavy atom. The van der Waals surface area contributed by atoms with Crippen molar-refractivity contribution in [2.24, 2.45) is 0 Å². The van der Waals surface area contributed by atoms with Crippen molar-refractivity contribution in [1.29, 1.82) is 0 Å². The number of hydrogen-bond acceptors (Lipinski definition) is 3. The molecule has 0 atom stereocenters. The van der Waals surface area contributed by atoms with Crippen molar-refractivity contribution in [3.8, 4) is 11.5 Å². The van der Waals surface area contributed by atoms with E-state index in [4.69, 9.17) is 16.0 Å². The van der Waals surface area contributed by atoms with E-state index in [1.165, 1.54) is 0 Å². The second kappa shape index (κ2) is 4.11. The van der Waals surface area contributed by atoms with E-state index in [0.717, 1.165) is 52.9 Å². The van der Waals surface area contributed by atoms with Crippen molar-refractivity contribution < 1.29 is 4.42 Å². The van der Waals surface area contributed by atoms with Crippen LogP contribution in [0.1, 0.15) is 5.82 Å². The summed E-state index contributed by atoms with van der Waals surface area (Å²) in [6, 6.07) is 7.68. The fraction of sp³-hybridized carbons (Fsp3) is 0.214. The molecule has 0 fully saturated rings. The first-order valence-electron chi connectivity index (χ1n) is 6.26. The maximum Gasteiger partial charge on any atom is 0.153 e. The highest BCUT2D eigenvalue weighted by atomic mass is 35.5. The largest absolute Gasteiger partial charge is 0.454 e. The van der Waals surface area contributed by atoms with Gasteiger partial charge in [0, 0.05) is 23.5 Å². The Labute approximate surface area is 115 Å². The molecule has 3 heterocycles. The SMILES string of the molecule is Clc1ccc2oc(-c3cnc4n3CCNC4)cc2c1. The number of fused-ring (bicyclic) bond motifs is 2. The molecule has 1 aliphatic heterocycles. The molecule has 4 rings (SSSR count). The number of halogens is 1. The maximum atomic E-state index is 6.00. The van der Waals surface area contributed by atoms with Crippen LogP contribution in [-0.4, -0.2) is 16.1 Å². The van der Waals surface area contributed by atoms with Crippen LogP contribution < -0.4 is 5.32 Å². The van der Waals surface area contributed by atoms with Crippen LogP contribution in [0.3, 0.4) is 0 Å². The molecule has 1 aromatic carbocycles. The number of rotatable bonds is 1. The fourth-order valence-corrected chi connectivity index (χ4v) is 2.71. The van der Waals surface area contributed by atoms with Gasteiger partial charge in [-0.25, -0.2) is 4.98 Å². The van der Waals surface area contributed by atoms with Gasteiger partial charge in [-0.15, -0.1) is 0 Å². The van der Waals surface area contributed by atoms with E-state index in [2.05, 4.69) is 14.9 Å². The average Bonchev–Trinajstić information content (AvgIpc) is 3.00. The standard InChI is InChI=1S/C14H12ClN3O/c15-10-1-2-12-9(5-10)6-13(19-12)11-7-17-14-8-16-3-4-18(11)14/h1-2,5-7,16H,3-4,8H2. The summed E-state index contributed by atoms with van der Waals surface area (Å²) in [5.74, 6) is 1.90. The minimum absolute atomic E-state index is 0.722. The van der Waals surface area contributed by atoms with Gasteiger partial charge in [-0.3, -0.25) is 0 Å². The van der Waals surface area contributed by atoms with E-state index in [-0.39, 0.29) is 0 Å². The molecule has 0 amide bonds. The quantitative estimate of drug-likeness (QED) is 0.741. The third kappa shape index (κ3) is 1.76. The summed E-state index contributed by atoms with van der Waals surface area (Å²) in [5.41, 5.74) is 1.88. The van der Waals surface area contributed by atoms with Crippen molar-refractivity contribution >= 4 is 22.6 Å². The smallest absolute Gasteiger partial charge is 0.153 e. The highest BCUT2D eigenvalue weighted by molar-refractivity contribution is 6.31. The Bertz CT molecular complexity index is 759. The number of aromatic nitrogens is 2. The zero-order valence-corrected chi connectivity index (χ0v) is 10.9. The Hall–Kier alpha value is -1.78. The van der Waals surface area contributed by atoms with Crippen LogP contribution in [0.25, 0.3) is 22.4 Å². The normalized spacial score (nSPS) is 14.8. The van der Waals surface area contributed by atoms with E-state index in [9.17, 15) is 0 Å². The summed E-state index contributed by atoms with van der Waals surface area (Å²) in [6.07, 6.45) is 1.88. The number of nitrogens with one attached hydrogen (secondary N) is 1. The van der Waals surface area contributed by atoms with Crippen molar-refractivity contribution in [2.45, 2.75) is 13.1 Å². The fourth-order valence-electron chi connectivity index (χ4n) is 2.53. The number of furan rings is 1. The molecule has 96 valence electrons. The van der Waals surface area contributed by atoms with E-state index >= 15 is 0 Å². The Balaban J connectivity index is 1.88. The lowest BCUT2D eigenvalue weighted by Gasteiger charge is -2.16. The van der Waals surface area contributed by atoms with Crippen molar-refractivity contribution in [2.75, 3.05) is 6.54 Å². The molecule has 0 saturated heterocycles. The summed E-state index contributed by atoms with van der Waals surface area (Å²) < 4.78 is 8.10. The van der Waals surface area contributed by atoms with Gasteiger partial charge in [-0.1, -0.05) is 11.6 Å². The van der Waals surface area contributed by atoms with Gasteiger partial charge in [-0.2, -0.15) is 0 Å². The number of nitrogens with zero attached hydrogens (tertiary/aromatic N) is 2. The number of hydrogen-bond donors (Lipinski definition) is 1. The molecule has 0 radical (unpaired) electrons. The average molecular weight is 274 g/mol. The lowest BCUT2D eigenvalue weighted by Crippen LogP contribution is -2.28. The molecule has 0 unspecified atom stereocenters. The number of benzene rings is 1. The highest BCUT2D eigenvalue weighted by Gasteiger charge is 2.17. The van der Waals surface area contributed by atoms with Gasteiger partial charge >= 0.3 is 0 Å². The summed E-state index contributed by atoms with van der Waals surface area (Å²) in [5, 5.41) is 5.05. The topological polar surface area (TPSA) is 43.0 Å². The Kier molecular flexibility index (Phi) is 2.40. The van der Waals surface area contributed by atoms with Crippen molar-refractivity contribution in [3.63, 3.8) is 0 Å². The van der Waals surface area contributed by atoms with Gasteiger partial charge in [0.05, 0.1) is 12.7 Å². The minimum Gasteiger partial charge on any atom is -0.454 e. The van der Waals surface area contributed by atoms with Gasteiger partial charge in [-0.05, 0) is 24.3 Å². The van der Waals surface area contributed by atoms with Crippen LogP contribution in [0.4, 0.5) is 0 Å². The van der Waals surface area contributed by atoms with Gasteiger partial charge < -0.3 is 14.3 Å². The van der Waals surface area contributed by atoms with Crippen LogP contribution in [-0.2, 0) is 13.1 Å². The van der Waals surface area contributed by atoms with E-state index in [1.807, 2.05) is 30.5 Å². The van der Waals surface area contributed by atoms with Crippen LogP contribution >= 0.6 is 11.6 Å². The molecule has 3 aromatic rings. The monoisotopic (exact) mass is 273 g/mol. The first-order chi connectivity index (χ1) is 9.31. The zero-order valence-electron chi connectivity index (χ0n) is 10.2. The third-order valence-corrected chi connectivity index (χ3v) is 3.70. The number of imidazole rings is 1. The zero-order chi connectivity index (χ0) is 12.8. The molecule has 5 heteroatoms. The Morgan fingerprint density at radius 2 is 2.26 bits per heavy atom. The van der Waals surface area contributed by atoms with Crippen LogP contribution in [0.15, 0.2) is 34.9 Å². The lowest BCUT2D eigenvalue weighted by molar-refractivity contribution is 0.503. The second-order valence-corrected chi connectivity index (χ2v) is 5.12. The summed E-state index contributed by atoms with van der Waals surface area (Å²) in [7, 11) is 0.